The standard InChI is InChI=1S/C17H25N5O4.HI/c1-12(26-14-6-4-5-13(9-14)25-3)10-20-16(18-2)19-7-8-22-15(23)11-21-17(22)24;/h4-6,9,12H,7-8,10-11H2,1-3H3,(H,21,24)(H2,18,19,20);1H. The molecule has 1 saturated heterocycles. The van der Waals surface area contributed by atoms with Gasteiger partial charge in [-0.25, -0.2) is 4.79 Å². The van der Waals surface area contributed by atoms with Crippen molar-refractivity contribution in [2.75, 3.05) is 40.3 Å². The molecule has 1 aliphatic rings. The highest BCUT2D eigenvalue weighted by atomic mass is 127. The second kappa shape index (κ2) is 11.5. The molecule has 3 amide bonds. The highest BCUT2D eigenvalue weighted by Crippen LogP contribution is 2.19. The van der Waals surface area contributed by atoms with E-state index in [0.29, 0.717) is 19.0 Å². The Hall–Kier alpha value is -2.24. The molecule has 1 fully saturated rings. The van der Waals surface area contributed by atoms with E-state index in [4.69, 9.17) is 9.47 Å². The number of nitrogens with one attached hydrogen (secondary N) is 3. The summed E-state index contributed by atoms with van der Waals surface area (Å²) in [7, 11) is 3.26. The Kier molecular flexibility index (Phi) is 9.68. The van der Waals surface area contributed by atoms with Crippen molar-refractivity contribution in [2.24, 2.45) is 4.99 Å². The first-order valence-corrected chi connectivity index (χ1v) is 8.37. The van der Waals surface area contributed by atoms with E-state index in [0.717, 1.165) is 11.5 Å². The second-order valence-corrected chi connectivity index (χ2v) is 5.69. The van der Waals surface area contributed by atoms with Gasteiger partial charge in [-0.05, 0) is 19.1 Å². The fraction of sp³-hybridized carbons (Fsp3) is 0.471. The van der Waals surface area contributed by atoms with Gasteiger partial charge in [-0.15, -0.1) is 24.0 Å². The first-order chi connectivity index (χ1) is 12.5. The molecule has 0 aliphatic carbocycles. The molecule has 150 valence electrons. The zero-order valence-corrected chi connectivity index (χ0v) is 18.0. The maximum Gasteiger partial charge on any atom is 0.324 e. The lowest BCUT2D eigenvalue weighted by Crippen LogP contribution is -2.45. The van der Waals surface area contributed by atoms with E-state index in [1.165, 1.54) is 4.90 Å². The monoisotopic (exact) mass is 491 g/mol. The molecule has 3 N–H and O–H groups in total. The van der Waals surface area contributed by atoms with Gasteiger partial charge in [-0.1, -0.05) is 6.07 Å². The van der Waals surface area contributed by atoms with E-state index < -0.39 is 0 Å². The Morgan fingerprint density at radius 3 is 2.70 bits per heavy atom. The van der Waals surface area contributed by atoms with Gasteiger partial charge in [0.2, 0.25) is 5.91 Å². The zero-order valence-electron chi connectivity index (χ0n) is 15.7. The lowest BCUT2D eigenvalue weighted by molar-refractivity contribution is -0.124. The summed E-state index contributed by atoms with van der Waals surface area (Å²) in [5, 5.41) is 8.69. The van der Waals surface area contributed by atoms with Gasteiger partial charge >= 0.3 is 6.03 Å². The van der Waals surface area contributed by atoms with Crippen LogP contribution < -0.4 is 25.4 Å². The molecule has 1 heterocycles. The van der Waals surface area contributed by atoms with E-state index in [2.05, 4.69) is 20.9 Å². The van der Waals surface area contributed by atoms with Crippen LogP contribution >= 0.6 is 24.0 Å². The number of carbonyl (C=O) groups is 2. The van der Waals surface area contributed by atoms with Crippen LogP contribution in [0.1, 0.15) is 6.92 Å². The number of aliphatic imine (C=N–C) groups is 1. The van der Waals surface area contributed by atoms with E-state index >= 15 is 0 Å². The van der Waals surface area contributed by atoms with Crippen molar-refractivity contribution < 1.29 is 19.1 Å². The number of rotatable bonds is 8. The summed E-state index contributed by atoms with van der Waals surface area (Å²) >= 11 is 0. The van der Waals surface area contributed by atoms with Crippen LogP contribution in [0.25, 0.3) is 0 Å². The number of methoxy groups -OCH3 is 1. The predicted octanol–water partition coefficient (Wildman–Crippen LogP) is 0.797. The van der Waals surface area contributed by atoms with Crippen LogP contribution in [0.5, 0.6) is 11.5 Å². The van der Waals surface area contributed by atoms with Crippen molar-refractivity contribution in [3.8, 4) is 11.5 Å². The largest absolute Gasteiger partial charge is 0.497 e. The number of ether oxygens (including phenoxy) is 2. The molecule has 10 heteroatoms. The van der Waals surface area contributed by atoms with Crippen LogP contribution in [0.4, 0.5) is 4.79 Å². The molecule has 1 atom stereocenters. The third kappa shape index (κ3) is 7.12. The fourth-order valence-electron chi connectivity index (χ4n) is 2.38. The molecule has 27 heavy (non-hydrogen) atoms. The molecular formula is C17H26IN5O4. The average Bonchev–Trinajstić information content (AvgIpc) is 2.96. The van der Waals surface area contributed by atoms with Gasteiger partial charge in [0.05, 0.1) is 20.2 Å². The number of hydrogen-bond donors (Lipinski definition) is 3. The first kappa shape index (κ1) is 22.8. The quantitative estimate of drug-likeness (QED) is 0.215. The Labute approximate surface area is 175 Å². The number of carbonyl (C=O) groups excluding carboxylic acids is 2. The predicted molar refractivity (Wildman–Crippen MR) is 113 cm³/mol. The molecule has 0 aromatic heterocycles. The van der Waals surface area contributed by atoms with Gasteiger partial charge in [-0.3, -0.25) is 14.7 Å². The maximum atomic E-state index is 11.5. The molecule has 9 nitrogen and oxygen atoms in total. The number of imide groups is 1. The number of urea groups is 1. The van der Waals surface area contributed by atoms with Crippen molar-refractivity contribution in [3.63, 3.8) is 0 Å². The lowest BCUT2D eigenvalue weighted by Gasteiger charge is -2.19. The minimum Gasteiger partial charge on any atom is -0.497 e. The number of nitrogens with zero attached hydrogens (tertiary/aromatic N) is 2. The lowest BCUT2D eigenvalue weighted by atomic mass is 10.3. The minimum absolute atomic E-state index is 0. The Balaban J connectivity index is 0.00000364. The molecule has 0 spiro atoms. The number of benzene rings is 1. The second-order valence-electron chi connectivity index (χ2n) is 5.69. The highest BCUT2D eigenvalue weighted by molar-refractivity contribution is 14.0. The number of hydrogen-bond acceptors (Lipinski definition) is 5. The van der Waals surface area contributed by atoms with E-state index in [1.807, 2.05) is 31.2 Å². The van der Waals surface area contributed by atoms with Crippen LogP contribution in [0, 0.1) is 0 Å². The van der Waals surface area contributed by atoms with Gasteiger partial charge in [0.1, 0.15) is 17.6 Å². The van der Waals surface area contributed by atoms with Crippen LogP contribution in [0.2, 0.25) is 0 Å². The first-order valence-electron chi connectivity index (χ1n) is 8.37. The molecule has 1 aliphatic heterocycles. The summed E-state index contributed by atoms with van der Waals surface area (Å²) in [4.78, 5) is 28.3. The van der Waals surface area contributed by atoms with Crippen LogP contribution in [0.15, 0.2) is 29.3 Å². The zero-order chi connectivity index (χ0) is 18.9. The topological polar surface area (TPSA) is 104 Å². The van der Waals surface area contributed by atoms with Gasteiger partial charge in [0.15, 0.2) is 5.96 Å². The molecular weight excluding hydrogens is 465 g/mol. The minimum atomic E-state index is -0.361. The molecule has 1 aromatic carbocycles. The molecule has 2 rings (SSSR count). The van der Waals surface area contributed by atoms with Crippen molar-refractivity contribution in [1.29, 1.82) is 0 Å². The summed E-state index contributed by atoms with van der Waals surface area (Å²) in [6, 6.07) is 7.05. The van der Waals surface area contributed by atoms with Gasteiger partial charge < -0.3 is 25.4 Å². The molecule has 0 radical (unpaired) electrons. The van der Waals surface area contributed by atoms with Crippen molar-refractivity contribution >= 4 is 41.9 Å². The Morgan fingerprint density at radius 1 is 1.33 bits per heavy atom. The van der Waals surface area contributed by atoms with Crippen LogP contribution in [0.3, 0.4) is 0 Å². The summed E-state index contributed by atoms with van der Waals surface area (Å²) < 4.78 is 11.0. The number of halogens is 1. The number of amides is 3. The third-order valence-electron chi connectivity index (χ3n) is 3.72. The Bertz CT molecular complexity index is 654. The summed E-state index contributed by atoms with van der Waals surface area (Å²) in [5.41, 5.74) is 0. The maximum absolute atomic E-state index is 11.5. The summed E-state index contributed by atoms with van der Waals surface area (Å²) in [5.74, 6) is 1.80. The third-order valence-corrected chi connectivity index (χ3v) is 3.72. The van der Waals surface area contributed by atoms with E-state index in [1.54, 1.807) is 14.2 Å². The SMILES string of the molecule is CN=C(NCCN1C(=O)CNC1=O)NCC(C)Oc1cccc(OC)c1.I. The Morgan fingerprint density at radius 2 is 2.07 bits per heavy atom. The highest BCUT2D eigenvalue weighted by Gasteiger charge is 2.27. The number of guanidine groups is 1. The van der Waals surface area contributed by atoms with Gasteiger partial charge in [0.25, 0.3) is 0 Å². The van der Waals surface area contributed by atoms with Crippen LogP contribution in [-0.4, -0.2) is 69.2 Å². The van der Waals surface area contributed by atoms with E-state index in [-0.39, 0.29) is 55.1 Å². The van der Waals surface area contributed by atoms with Crippen molar-refractivity contribution in [1.82, 2.24) is 20.9 Å². The normalized spacial score (nSPS) is 14.9. The molecule has 1 unspecified atom stereocenters. The fourth-order valence-corrected chi connectivity index (χ4v) is 2.38. The summed E-state index contributed by atoms with van der Waals surface area (Å²) in [6.07, 6.45) is -0.105. The van der Waals surface area contributed by atoms with Crippen molar-refractivity contribution in [3.05, 3.63) is 24.3 Å². The molecule has 0 bridgehead atoms. The van der Waals surface area contributed by atoms with E-state index in [9.17, 15) is 9.59 Å². The van der Waals surface area contributed by atoms with Gasteiger partial charge in [0, 0.05) is 26.2 Å². The molecule has 1 aromatic rings. The molecule has 0 saturated carbocycles. The van der Waals surface area contributed by atoms with Crippen LogP contribution in [-0.2, 0) is 4.79 Å². The van der Waals surface area contributed by atoms with Gasteiger partial charge in [-0.2, -0.15) is 0 Å². The smallest absolute Gasteiger partial charge is 0.324 e. The van der Waals surface area contributed by atoms with Crippen molar-refractivity contribution in [2.45, 2.75) is 13.0 Å². The summed E-state index contributed by atoms with van der Waals surface area (Å²) in [6.45, 7) is 3.21. The average molecular weight is 491 g/mol.